The number of amides is 1. The minimum atomic E-state index is -0.639. The van der Waals surface area contributed by atoms with Gasteiger partial charge in [-0.2, -0.15) is 5.26 Å². The van der Waals surface area contributed by atoms with Crippen molar-refractivity contribution in [3.63, 3.8) is 0 Å². The number of rotatable bonds is 4. The molecule has 2 aliphatic rings. The molecule has 1 aromatic heterocycles. The van der Waals surface area contributed by atoms with Crippen LogP contribution in [0.5, 0.6) is 0 Å². The number of nitriles is 1. The van der Waals surface area contributed by atoms with E-state index in [-0.39, 0.29) is 5.91 Å². The van der Waals surface area contributed by atoms with E-state index >= 15 is 0 Å². The number of aryl methyl sites for hydroxylation is 1. The van der Waals surface area contributed by atoms with Gasteiger partial charge in [-0.15, -0.1) is 10.2 Å². The van der Waals surface area contributed by atoms with Crippen molar-refractivity contribution >= 4 is 17.7 Å². The number of nitrogens with one attached hydrogen (secondary N) is 1. The summed E-state index contributed by atoms with van der Waals surface area (Å²) < 4.78 is 2.14. The molecule has 2 heterocycles. The van der Waals surface area contributed by atoms with Crippen LogP contribution in [0.2, 0.25) is 0 Å². The largest absolute Gasteiger partial charge is 0.337 e. The highest BCUT2D eigenvalue weighted by Gasteiger charge is 2.35. The van der Waals surface area contributed by atoms with Crippen molar-refractivity contribution in [2.24, 2.45) is 0 Å². The first-order chi connectivity index (χ1) is 10.7. The molecule has 1 amide bonds. The van der Waals surface area contributed by atoms with Crippen molar-refractivity contribution in [3.8, 4) is 6.07 Å². The molecule has 6 nitrogen and oxygen atoms in total. The van der Waals surface area contributed by atoms with E-state index in [4.69, 9.17) is 0 Å². The molecule has 1 N–H and O–H groups in total. The molecule has 0 atom stereocenters. The SMILES string of the molecule is N#CC1(NC(=O)CSc2nnc3n2CCCCC3)CCCC1. The van der Waals surface area contributed by atoms with Crippen molar-refractivity contribution < 1.29 is 4.79 Å². The Morgan fingerprint density at radius 3 is 2.86 bits per heavy atom. The van der Waals surface area contributed by atoms with Crippen LogP contribution in [-0.4, -0.2) is 32.0 Å². The zero-order valence-corrected chi connectivity index (χ0v) is 13.5. The lowest BCUT2D eigenvalue weighted by atomic mass is 10.0. The molecule has 22 heavy (non-hydrogen) atoms. The second kappa shape index (κ2) is 6.69. The molecule has 0 radical (unpaired) electrons. The summed E-state index contributed by atoms with van der Waals surface area (Å²) in [4.78, 5) is 12.2. The van der Waals surface area contributed by atoms with Crippen LogP contribution in [0.3, 0.4) is 0 Å². The van der Waals surface area contributed by atoms with Crippen molar-refractivity contribution in [2.45, 2.75) is 68.6 Å². The van der Waals surface area contributed by atoms with Crippen LogP contribution < -0.4 is 5.32 Å². The minimum absolute atomic E-state index is 0.0839. The van der Waals surface area contributed by atoms with Gasteiger partial charge in [-0.25, -0.2) is 0 Å². The minimum Gasteiger partial charge on any atom is -0.337 e. The lowest BCUT2D eigenvalue weighted by Crippen LogP contribution is -2.45. The topological polar surface area (TPSA) is 83.6 Å². The van der Waals surface area contributed by atoms with Crippen molar-refractivity contribution in [1.29, 1.82) is 5.26 Å². The Morgan fingerprint density at radius 1 is 1.27 bits per heavy atom. The van der Waals surface area contributed by atoms with Gasteiger partial charge in [0, 0.05) is 13.0 Å². The maximum Gasteiger partial charge on any atom is 0.231 e. The molecule has 7 heteroatoms. The van der Waals surface area contributed by atoms with Crippen LogP contribution in [0.4, 0.5) is 0 Å². The lowest BCUT2D eigenvalue weighted by molar-refractivity contribution is -0.119. The summed E-state index contributed by atoms with van der Waals surface area (Å²) in [6.45, 7) is 0.939. The van der Waals surface area contributed by atoms with E-state index in [0.717, 1.165) is 62.5 Å². The van der Waals surface area contributed by atoms with Gasteiger partial charge in [-0.05, 0) is 38.5 Å². The van der Waals surface area contributed by atoms with Crippen molar-refractivity contribution in [1.82, 2.24) is 20.1 Å². The number of hydrogen-bond donors (Lipinski definition) is 1. The number of aromatic nitrogens is 3. The lowest BCUT2D eigenvalue weighted by Gasteiger charge is -2.21. The molecule has 0 aromatic carbocycles. The third kappa shape index (κ3) is 3.27. The highest BCUT2D eigenvalue weighted by Crippen LogP contribution is 2.29. The van der Waals surface area contributed by atoms with E-state index in [0.29, 0.717) is 5.75 Å². The molecule has 0 bridgehead atoms. The maximum atomic E-state index is 12.2. The number of carbonyl (C=O) groups excluding carboxylic acids is 1. The van der Waals surface area contributed by atoms with E-state index in [9.17, 15) is 10.1 Å². The average Bonchev–Trinajstić information content (AvgIpc) is 3.07. The summed E-state index contributed by atoms with van der Waals surface area (Å²) in [6.07, 6.45) is 8.05. The molecular weight excluding hydrogens is 298 g/mol. The Labute approximate surface area is 134 Å². The van der Waals surface area contributed by atoms with Crippen LogP contribution in [0.1, 0.15) is 50.8 Å². The number of thioether (sulfide) groups is 1. The Hall–Kier alpha value is -1.55. The van der Waals surface area contributed by atoms with E-state index in [1.165, 1.54) is 18.2 Å². The van der Waals surface area contributed by atoms with Gasteiger partial charge in [-0.3, -0.25) is 4.79 Å². The first kappa shape index (κ1) is 15.3. The van der Waals surface area contributed by atoms with E-state index in [2.05, 4.69) is 26.2 Å². The fraction of sp³-hybridized carbons (Fsp3) is 0.733. The van der Waals surface area contributed by atoms with Gasteiger partial charge in [0.2, 0.25) is 5.91 Å². The van der Waals surface area contributed by atoms with Crippen LogP contribution >= 0.6 is 11.8 Å². The van der Waals surface area contributed by atoms with E-state index in [1.54, 1.807) is 0 Å². The van der Waals surface area contributed by atoms with Gasteiger partial charge in [0.1, 0.15) is 11.4 Å². The normalized spacial score (nSPS) is 20.0. The molecule has 118 valence electrons. The smallest absolute Gasteiger partial charge is 0.231 e. The van der Waals surface area contributed by atoms with Gasteiger partial charge in [0.15, 0.2) is 5.16 Å². The Morgan fingerprint density at radius 2 is 2.09 bits per heavy atom. The van der Waals surface area contributed by atoms with Gasteiger partial charge >= 0.3 is 0 Å². The third-order valence-corrected chi connectivity index (χ3v) is 5.42. The highest BCUT2D eigenvalue weighted by atomic mass is 32.2. The molecule has 1 fully saturated rings. The monoisotopic (exact) mass is 319 g/mol. The predicted molar refractivity (Wildman–Crippen MR) is 83.3 cm³/mol. The van der Waals surface area contributed by atoms with Crippen molar-refractivity contribution in [2.75, 3.05) is 5.75 Å². The van der Waals surface area contributed by atoms with E-state index < -0.39 is 5.54 Å². The van der Waals surface area contributed by atoms with Gasteiger partial charge < -0.3 is 9.88 Å². The number of nitrogens with zero attached hydrogens (tertiary/aromatic N) is 4. The highest BCUT2D eigenvalue weighted by molar-refractivity contribution is 7.99. The summed E-state index contributed by atoms with van der Waals surface area (Å²) in [5.41, 5.74) is -0.639. The van der Waals surface area contributed by atoms with Crippen LogP contribution in [0.25, 0.3) is 0 Å². The van der Waals surface area contributed by atoms with Gasteiger partial charge in [0.25, 0.3) is 0 Å². The van der Waals surface area contributed by atoms with Crippen LogP contribution in [0.15, 0.2) is 5.16 Å². The second-order valence-electron chi connectivity index (χ2n) is 6.10. The third-order valence-electron chi connectivity index (χ3n) is 4.46. The summed E-state index contributed by atoms with van der Waals surface area (Å²) in [7, 11) is 0. The van der Waals surface area contributed by atoms with Crippen LogP contribution in [-0.2, 0) is 17.8 Å². The fourth-order valence-electron chi connectivity index (χ4n) is 3.24. The molecule has 0 unspecified atom stereocenters. The zero-order valence-electron chi connectivity index (χ0n) is 12.7. The van der Waals surface area contributed by atoms with Gasteiger partial charge in [0.05, 0.1) is 11.8 Å². The molecule has 0 saturated heterocycles. The molecule has 1 aromatic rings. The first-order valence-electron chi connectivity index (χ1n) is 8.00. The fourth-order valence-corrected chi connectivity index (χ4v) is 4.02. The molecule has 1 aliphatic heterocycles. The summed E-state index contributed by atoms with van der Waals surface area (Å²) in [6, 6.07) is 2.29. The Bertz CT molecular complexity index is 585. The summed E-state index contributed by atoms with van der Waals surface area (Å²) >= 11 is 1.42. The molecule has 1 aliphatic carbocycles. The Balaban J connectivity index is 1.57. The van der Waals surface area contributed by atoms with Crippen LogP contribution in [0, 0.1) is 11.3 Å². The number of carbonyl (C=O) groups is 1. The number of hydrogen-bond acceptors (Lipinski definition) is 5. The average molecular weight is 319 g/mol. The predicted octanol–water partition coefficient (Wildman–Crippen LogP) is 2.05. The molecule has 3 rings (SSSR count). The Kier molecular flexibility index (Phi) is 4.67. The molecule has 1 saturated carbocycles. The maximum absolute atomic E-state index is 12.2. The zero-order chi connectivity index (χ0) is 15.4. The van der Waals surface area contributed by atoms with E-state index in [1.807, 2.05) is 0 Å². The number of fused-ring (bicyclic) bond motifs is 1. The first-order valence-corrected chi connectivity index (χ1v) is 8.98. The molecular formula is C15H21N5OS. The van der Waals surface area contributed by atoms with Crippen molar-refractivity contribution in [3.05, 3.63) is 5.82 Å². The molecule has 0 spiro atoms. The standard InChI is InChI=1S/C15H21N5OS/c16-11-15(7-3-4-8-15)17-13(21)10-22-14-19-18-12-6-2-1-5-9-20(12)14/h1-10H2,(H,17,21). The summed E-state index contributed by atoms with van der Waals surface area (Å²) in [5, 5.41) is 21.5. The quantitative estimate of drug-likeness (QED) is 0.859. The van der Waals surface area contributed by atoms with Gasteiger partial charge in [-0.1, -0.05) is 18.2 Å². The summed E-state index contributed by atoms with van der Waals surface area (Å²) in [5.74, 6) is 1.24. The second-order valence-corrected chi connectivity index (χ2v) is 7.04.